The van der Waals surface area contributed by atoms with Crippen LogP contribution in [0.1, 0.15) is 2.85 Å². The number of carboxylic acids is 3. The zero-order valence-corrected chi connectivity index (χ0v) is 13.2. The molecule has 0 saturated heterocycles. The van der Waals surface area contributed by atoms with Gasteiger partial charge in [0.25, 0.3) is 0 Å². The second-order valence-electron chi connectivity index (χ2n) is 4.09. The minimum absolute atomic E-state index is 0. The number of nitrogens with zero attached hydrogens (tertiary/aromatic N) is 2. The summed E-state index contributed by atoms with van der Waals surface area (Å²) in [5.41, 5.74) is 0. The summed E-state index contributed by atoms with van der Waals surface area (Å²) in [6.07, 6.45) is 0. The third-order valence-corrected chi connectivity index (χ3v) is 2.29. The van der Waals surface area contributed by atoms with E-state index in [1.54, 1.807) is 0 Å². The van der Waals surface area contributed by atoms with Crippen LogP contribution in [0, 0.1) is 0 Å². The van der Waals surface area contributed by atoms with Gasteiger partial charge in [-0.3, -0.25) is 24.2 Å². The van der Waals surface area contributed by atoms with Crippen molar-refractivity contribution in [3.8, 4) is 0 Å². The summed E-state index contributed by atoms with van der Waals surface area (Å²) in [5.74, 6) is 0.142. The molecule has 0 aliphatic rings. The zero-order valence-electron chi connectivity index (χ0n) is 13.8. The Balaban J connectivity index is -0.000000667. The molecule has 0 spiro atoms. The van der Waals surface area contributed by atoms with Crippen LogP contribution in [-0.2, 0) is 24.0 Å². The normalized spacial score (nSPS) is 10.1. The molecule has 0 aromatic rings. The number of rotatable bonds is 11. The predicted octanol–water partition coefficient (Wildman–Crippen LogP) is -2.89. The van der Waals surface area contributed by atoms with Crippen molar-refractivity contribution in [2.24, 2.45) is 5.90 Å². The van der Waals surface area contributed by atoms with Gasteiger partial charge in [-0.05, 0) is 0 Å². The van der Waals surface area contributed by atoms with Gasteiger partial charge in [0.2, 0.25) is 0 Å². The van der Waals surface area contributed by atoms with E-state index < -0.39 is 50.1 Å². The van der Waals surface area contributed by atoms with Gasteiger partial charge in [0.15, 0.2) is 0 Å². The Hall–Kier alpha value is -1.47. The summed E-state index contributed by atoms with van der Waals surface area (Å²) >= 11 is 0. The molecule has 124 valence electrons. The van der Waals surface area contributed by atoms with Crippen molar-refractivity contribution in [1.29, 1.82) is 0 Å². The number of carbonyl (C=O) groups excluding carboxylic acids is 1. The minimum Gasteiger partial charge on any atom is -1.00 e. The molecule has 0 bridgehead atoms. The van der Waals surface area contributed by atoms with Crippen LogP contribution in [0.15, 0.2) is 0 Å². The SMILES string of the molecule is NOC(=O)CN(CCN(CC(=O)O)CC(=O)O)CC(=O)O.[H-].[H-].[Mg+2]. The molecule has 0 fully saturated rings. The molecule has 0 unspecified atom stereocenters. The molecule has 5 N–H and O–H groups in total. The first-order valence-electron chi connectivity index (χ1n) is 5.74. The van der Waals surface area contributed by atoms with Crippen LogP contribution in [0.4, 0.5) is 0 Å². The molecule has 0 aromatic heterocycles. The number of carboxylic acid groups (broad SMARTS) is 3. The van der Waals surface area contributed by atoms with Gasteiger partial charge < -0.3 is 23.0 Å². The number of nitrogens with two attached hydrogens (primary N) is 1. The fourth-order valence-corrected chi connectivity index (χ4v) is 1.50. The van der Waals surface area contributed by atoms with Crippen molar-refractivity contribution < 1.29 is 42.2 Å². The predicted molar refractivity (Wildman–Crippen MR) is 74.0 cm³/mol. The van der Waals surface area contributed by atoms with Crippen molar-refractivity contribution in [1.82, 2.24) is 9.80 Å². The van der Waals surface area contributed by atoms with Crippen molar-refractivity contribution in [3.05, 3.63) is 0 Å². The van der Waals surface area contributed by atoms with Gasteiger partial charge in [-0.2, -0.15) is 5.90 Å². The van der Waals surface area contributed by atoms with E-state index in [2.05, 4.69) is 10.7 Å². The van der Waals surface area contributed by atoms with Crippen LogP contribution in [0.5, 0.6) is 0 Å². The second-order valence-corrected chi connectivity index (χ2v) is 4.09. The van der Waals surface area contributed by atoms with Crippen LogP contribution in [-0.4, -0.2) is 111 Å². The van der Waals surface area contributed by atoms with Gasteiger partial charge in [0, 0.05) is 13.1 Å². The number of aliphatic carboxylic acids is 3. The molecule has 0 aliphatic carbocycles. The van der Waals surface area contributed by atoms with Crippen LogP contribution >= 0.6 is 0 Å². The van der Waals surface area contributed by atoms with Crippen molar-refractivity contribution >= 4 is 46.9 Å². The van der Waals surface area contributed by atoms with Gasteiger partial charge in [-0.1, -0.05) is 0 Å². The first-order valence-corrected chi connectivity index (χ1v) is 5.74. The molecular weight excluding hydrogens is 314 g/mol. The molecule has 0 rings (SSSR count). The maximum absolute atomic E-state index is 11.0. The Kier molecular flexibility index (Phi) is 12.5. The Bertz CT molecular complexity index is 400. The van der Waals surface area contributed by atoms with Gasteiger partial charge in [0.05, 0.1) is 26.2 Å². The summed E-state index contributed by atoms with van der Waals surface area (Å²) in [7, 11) is 0. The Labute approximate surface area is 144 Å². The van der Waals surface area contributed by atoms with Crippen LogP contribution in [0.25, 0.3) is 0 Å². The van der Waals surface area contributed by atoms with Crippen molar-refractivity contribution in [3.63, 3.8) is 0 Å². The standard InChI is InChI=1S/C10H17N3O8.Mg.2H/c11-21-10(20)6-13(5-9(18)19)2-1-12(3-7(14)15)4-8(16)17;;;/h1-6,11H2,(H,14,15)(H,16,17)(H,18,19);;;/q;+2;2*-1. The summed E-state index contributed by atoms with van der Waals surface area (Å²) in [4.78, 5) is 49.0. The van der Waals surface area contributed by atoms with Crippen LogP contribution in [0.3, 0.4) is 0 Å². The second kappa shape index (κ2) is 12.1. The van der Waals surface area contributed by atoms with Gasteiger partial charge in [-0.25, -0.2) is 4.79 Å². The molecular formula is C10H19MgN3O8. The Morgan fingerprint density at radius 2 is 1.14 bits per heavy atom. The smallest absolute Gasteiger partial charge is 1.00 e. The van der Waals surface area contributed by atoms with Gasteiger partial charge >= 0.3 is 46.9 Å². The largest absolute Gasteiger partial charge is 2.00 e. The fraction of sp³-hybridized carbons (Fsp3) is 0.600. The summed E-state index contributed by atoms with van der Waals surface area (Å²) < 4.78 is 0. The van der Waals surface area contributed by atoms with E-state index >= 15 is 0 Å². The Morgan fingerprint density at radius 1 is 0.818 bits per heavy atom. The quantitative estimate of drug-likeness (QED) is 0.226. The fourth-order valence-electron chi connectivity index (χ4n) is 1.50. The topological polar surface area (TPSA) is 171 Å². The van der Waals surface area contributed by atoms with Crippen molar-refractivity contribution in [2.75, 3.05) is 39.3 Å². The van der Waals surface area contributed by atoms with Crippen molar-refractivity contribution in [2.45, 2.75) is 0 Å². The average Bonchev–Trinajstić information content (AvgIpc) is 2.33. The number of carbonyl (C=O) groups is 4. The first-order chi connectivity index (χ1) is 9.74. The van der Waals surface area contributed by atoms with E-state index in [0.29, 0.717) is 0 Å². The molecule has 0 aromatic carbocycles. The van der Waals surface area contributed by atoms with E-state index in [1.807, 2.05) is 0 Å². The molecule has 0 heterocycles. The molecule has 11 nitrogen and oxygen atoms in total. The first kappa shape index (κ1) is 22.8. The third-order valence-electron chi connectivity index (χ3n) is 2.29. The molecule has 0 amide bonds. The number of hydrogen-bond acceptors (Lipinski definition) is 8. The maximum Gasteiger partial charge on any atom is 2.00 e. The zero-order chi connectivity index (χ0) is 16.4. The van der Waals surface area contributed by atoms with Crippen LogP contribution in [0.2, 0.25) is 0 Å². The molecule has 0 atom stereocenters. The Morgan fingerprint density at radius 3 is 1.41 bits per heavy atom. The molecule has 22 heavy (non-hydrogen) atoms. The van der Waals surface area contributed by atoms with E-state index in [-0.39, 0.29) is 39.0 Å². The van der Waals surface area contributed by atoms with E-state index in [4.69, 9.17) is 15.3 Å². The van der Waals surface area contributed by atoms with Gasteiger partial charge in [0.1, 0.15) is 0 Å². The third kappa shape index (κ3) is 12.3. The summed E-state index contributed by atoms with van der Waals surface area (Å²) in [6.45, 7) is -2.03. The average molecular weight is 334 g/mol. The number of hydrogen-bond donors (Lipinski definition) is 4. The van der Waals surface area contributed by atoms with E-state index in [1.165, 1.54) is 0 Å². The summed E-state index contributed by atoms with van der Waals surface area (Å²) in [6, 6.07) is 0. The minimum atomic E-state index is -1.22. The molecule has 12 heteroatoms. The van der Waals surface area contributed by atoms with Gasteiger partial charge in [-0.15, -0.1) is 0 Å². The maximum atomic E-state index is 11.0. The van der Waals surface area contributed by atoms with Crippen LogP contribution < -0.4 is 5.90 Å². The monoisotopic (exact) mass is 333 g/mol. The molecule has 0 radical (unpaired) electrons. The molecule has 0 saturated carbocycles. The van der Waals surface area contributed by atoms with E-state index in [9.17, 15) is 19.2 Å². The van der Waals surface area contributed by atoms with E-state index in [0.717, 1.165) is 9.80 Å². The molecule has 0 aliphatic heterocycles. The summed E-state index contributed by atoms with van der Waals surface area (Å²) in [5, 5.41) is 26.0.